The highest BCUT2D eigenvalue weighted by Crippen LogP contribution is 2.22. The maximum absolute atomic E-state index is 12.5. The van der Waals surface area contributed by atoms with Crippen LogP contribution in [-0.4, -0.2) is 25.5 Å². The summed E-state index contributed by atoms with van der Waals surface area (Å²) in [6, 6.07) is 18.5. The second-order valence-electron chi connectivity index (χ2n) is 5.26. The molecule has 0 saturated heterocycles. The third-order valence-electron chi connectivity index (χ3n) is 3.69. The molecule has 4 rings (SSSR count). The molecule has 2 heterocycles. The Hall–Kier alpha value is -3.54. The number of benzene rings is 2. The fourth-order valence-electron chi connectivity index (χ4n) is 2.52. The number of fused-ring (bicyclic) bond motifs is 1. The molecule has 0 bridgehead atoms. The van der Waals surface area contributed by atoms with E-state index in [-0.39, 0.29) is 17.4 Å². The van der Waals surface area contributed by atoms with Gasteiger partial charge in [-0.15, -0.1) is 5.10 Å². The van der Waals surface area contributed by atoms with Gasteiger partial charge in [0.1, 0.15) is 11.0 Å². The molecule has 2 aromatic heterocycles. The van der Waals surface area contributed by atoms with Crippen LogP contribution >= 0.6 is 0 Å². The average Bonchev–Trinajstić information content (AvgIpc) is 2.99. The zero-order chi connectivity index (χ0) is 16.5. The number of aromatic nitrogens is 4. The SMILES string of the molecule is Nc1nn(-c2ccccc2)c2cnc(C(=O)c3ccccc3)nc12. The lowest BCUT2D eigenvalue weighted by molar-refractivity contribution is 0.102. The number of carbonyl (C=O) groups excluding carboxylic acids is 1. The van der Waals surface area contributed by atoms with Gasteiger partial charge in [0.2, 0.25) is 11.6 Å². The Labute approximate surface area is 137 Å². The van der Waals surface area contributed by atoms with Crippen LogP contribution < -0.4 is 5.73 Å². The number of carbonyl (C=O) groups is 1. The first-order valence-electron chi connectivity index (χ1n) is 7.40. The summed E-state index contributed by atoms with van der Waals surface area (Å²) in [6.07, 6.45) is 1.58. The van der Waals surface area contributed by atoms with E-state index in [4.69, 9.17) is 5.73 Å². The summed E-state index contributed by atoms with van der Waals surface area (Å²) in [5.74, 6) is 0.121. The third-order valence-corrected chi connectivity index (χ3v) is 3.69. The molecule has 6 nitrogen and oxygen atoms in total. The lowest BCUT2D eigenvalue weighted by Crippen LogP contribution is -2.07. The molecule has 0 amide bonds. The summed E-state index contributed by atoms with van der Waals surface area (Å²) < 4.78 is 1.67. The molecule has 116 valence electrons. The van der Waals surface area contributed by atoms with Crippen LogP contribution in [0.5, 0.6) is 0 Å². The number of para-hydroxylation sites is 1. The standard InChI is InChI=1S/C18H13N5O/c19-17-15-14(23(22-17)13-9-5-2-6-10-13)11-20-18(21-15)16(24)12-7-3-1-4-8-12/h1-11H,(H2,19,22). The van der Waals surface area contributed by atoms with Gasteiger partial charge in [0, 0.05) is 5.56 Å². The van der Waals surface area contributed by atoms with E-state index in [0.717, 1.165) is 5.69 Å². The normalized spacial score (nSPS) is 10.8. The van der Waals surface area contributed by atoms with E-state index in [1.165, 1.54) is 0 Å². The van der Waals surface area contributed by atoms with E-state index in [9.17, 15) is 4.79 Å². The predicted molar refractivity (Wildman–Crippen MR) is 90.9 cm³/mol. The number of nitrogens with zero attached hydrogens (tertiary/aromatic N) is 4. The fraction of sp³-hybridized carbons (Fsp3) is 0. The highest BCUT2D eigenvalue weighted by Gasteiger charge is 2.17. The van der Waals surface area contributed by atoms with E-state index < -0.39 is 0 Å². The molecule has 2 N–H and O–H groups in total. The van der Waals surface area contributed by atoms with Crippen LogP contribution in [0.25, 0.3) is 16.7 Å². The Morgan fingerprint density at radius 1 is 0.958 bits per heavy atom. The second kappa shape index (κ2) is 5.58. The van der Waals surface area contributed by atoms with Crippen molar-refractivity contribution in [3.05, 3.63) is 78.2 Å². The van der Waals surface area contributed by atoms with Crippen molar-refractivity contribution in [1.82, 2.24) is 19.7 Å². The first kappa shape index (κ1) is 14.1. The van der Waals surface area contributed by atoms with E-state index in [2.05, 4.69) is 15.1 Å². The van der Waals surface area contributed by atoms with E-state index in [1.807, 2.05) is 36.4 Å². The summed E-state index contributed by atoms with van der Waals surface area (Å²) in [5, 5.41) is 4.31. The molecule has 24 heavy (non-hydrogen) atoms. The molecule has 0 atom stereocenters. The van der Waals surface area contributed by atoms with Crippen LogP contribution in [-0.2, 0) is 0 Å². The van der Waals surface area contributed by atoms with Crippen molar-refractivity contribution >= 4 is 22.6 Å². The Bertz CT molecular complexity index is 1030. The Morgan fingerprint density at radius 3 is 2.33 bits per heavy atom. The average molecular weight is 315 g/mol. The Kier molecular flexibility index (Phi) is 3.28. The van der Waals surface area contributed by atoms with Gasteiger partial charge in [0.05, 0.1) is 11.9 Å². The van der Waals surface area contributed by atoms with Crippen LogP contribution in [0.3, 0.4) is 0 Å². The summed E-state index contributed by atoms with van der Waals surface area (Å²) in [4.78, 5) is 21.0. The molecule has 0 radical (unpaired) electrons. The molecule has 0 aliphatic heterocycles. The van der Waals surface area contributed by atoms with Crippen molar-refractivity contribution in [2.45, 2.75) is 0 Å². The number of nitrogens with two attached hydrogens (primary N) is 1. The zero-order valence-corrected chi connectivity index (χ0v) is 12.6. The quantitative estimate of drug-likeness (QED) is 0.587. The van der Waals surface area contributed by atoms with Gasteiger partial charge in [-0.3, -0.25) is 4.79 Å². The van der Waals surface area contributed by atoms with Gasteiger partial charge in [-0.1, -0.05) is 48.5 Å². The molecular formula is C18H13N5O. The largest absolute Gasteiger partial charge is 0.380 e. The minimum Gasteiger partial charge on any atom is -0.380 e. The minimum atomic E-state index is -0.246. The predicted octanol–water partition coefficient (Wildman–Crippen LogP) is 2.63. The van der Waals surface area contributed by atoms with Crippen molar-refractivity contribution in [1.29, 1.82) is 0 Å². The number of ketones is 1. The van der Waals surface area contributed by atoms with E-state index in [0.29, 0.717) is 16.6 Å². The number of hydrogen-bond donors (Lipinski definition) is 1. The van der Waals surface area contributed by atoms with Gasteiger partial charge in [-0.05, 0) is 12.1 Å². The first-order chi connectivity index (χ1) is 11.7. The smallest absolute Gasteiger partial charge is 0.230 e. The van der Waals surface area contributed by atoms with Crippen molar-refractivity contribution in [3.63, 3.8) is 0 Å². The second-order valence-corrected chi connectivity index (χ2v) is 5.26. The molecule has 2 aromatic carbocycles. The molecule has 6 heteroatoms. The minimum absolute atomic E-state index is 0.105. The van der Waals surface area contributed by atoms with Crippen LogP contribution in [0.2, 0.25) is 0 Å². The third kappa shape index (κ3) is 2.30. The van der Waals surface area contributed by atoms with Gasteiger partial charge in [0.25, 0.3) is 0 Å². The lowest BCUT2D eigenvalue weighted by atomic mass is 10.1. The number of nitrogen functional groups attached to an aromatic ring is 1. The van der Waals surface area contributed by atoms with Crippen LogP contribution in [0.1, 0.15) is 16.2 Å². The first-order valence-corrected chi connectivity index (χ1v) is 7.40. The van der Waals surface area contributed by atoms with Gasteiger partial charge in [-0.25, -0.2) is 14.6 Å². The van der Waals surface area contributed by atoms with Gasteiger partial charge >= 0.3 is 0 Å². The number of hydrogen-bond acceptors (Lipinski definition) is 5. The monoisotopic (exact) mass is 315 g/mol. The molecule has 0 fully saturated rings. The van der Waals surface area contributed by atoms with Crippen molar-refractivity contribution < 1.29 is 4.79 Å². The Balaban J connectivity index is 1.83. The summed E-state index contributed by atoms with van der Waals surface area (Å²) in [6.45, 7) is 0. The molecule has 0 unspecified atom stereocenters. The Morgan fingerprint density at radius 2 is 1.62 bits per heavy atom. The van der Waals surface area contributed by atoms with Crippen molar-refractivity contribution in [2.75, 3.05) is 5.73 Å². The van der Waals surface area contributed by atoms with Crippen LogP contribution in [0.15, 0.2) is 66.9 Å². The number of rotatable bonds is 3. The topological polar surface area (TPSA) is 86.7 Å². The highest BCUT2D eigenvalue weighted by atomic mass is 16.1. The van der Waals surface area contributed by atoms with Crippen molar-refractivity contribution in [3.8, 4) is 5.69 Å². The van der Waals surface area contributed by atoms with Crippen LogP contribution in [0.4, 0.5) is 5.82 Å². The molecule has 0 aliphatic rings. The summed E-state index contributed by atoms with van der Waals surface area (Å²) in [7, 11) is 0. The highest BCUT2D eigenvalue weighted by molar-refractivity contribution is 6.07. The molecule has 0 saturated carbocycles. The van der Waals surface area contributed by atoms with Gasteiger partial charge < -0.3 is 5.73 Å². The number of anilines is 1. The van der Waals surface area contributed by atoms with Crippen LogP contribution in [0, 0.1) is 0 Å². The molecule has 4 aromatic rings. The molecular weight excluding hydrogens is 302 g/mol. The summed E-state index contributed by atoms with van der Waals surface area (Å²) >= 11 is 0. The van der Waals surface area contributed by atoms with Crippen molar-refractivity contribution in [2.24, 2.45) is 0 Å². The van der Waals surface area contributed by atoms with E-state index >= 15 is 0 Å². The summed E-state index contributed by atoms with van der Waals surface area (Å²) in [5.41, 5.74) is 8.50. The van der Waals surface area contributed by atoms with Gasteiger partial charge in [-0.2, -0.15) is 0 Å². The molecule has 0 aliphatic carbocycles. The lowest BCUT2D eigenvalue weighted by Gasteiger charge is -2.03. The molecule has 0 spiro atoms. The van der Waals surface area contributed by atoms with Gasteiger partial charge in [0.15, 0.2) is 5.82 Å². The van der Waals surface area contributed by atoms with E-state index in [1.54, 1.807) is 35.1 Å². The zero-order valence-electron chi connectivity index (χ0n) is 12.6. The fourth-order valence-corrected chi connectivity index (χ4v) is 2.52. The maximum Gasteiger partial charge on any atom is 0.230 e. The maximum atomic E-state index is 12.5.